The Morgan fingerprint density at radius 2 is 2.10 bits per heavy atom. The van der Waals surface area contributed by atoms with E-state index in [1.807, 2.05) is 0 Å². The fraction of sp³-hybridized carbons (Fsp3) is 0.647. The summed E-state index contributed by atoms with van der Waals surface area (Å²) in [6.07, 6.45) is 6.46. The van der Waals surface area contributed by atoms with Crippen molar-refractivity contribution >= 4 is 0 Å². The van der Waals surface area contributed by atoms with E-state index in [0.29, 0.717) is 6.54 Å². The number of fused-ring (bicyclic) bond motifs is 1. The van der Waals surface area contributed by atoms with Crippen molar-refractivity contribution in [2.45, 2.75) is 57.1 Å². The molecule has 1 aromatic carbocycles. The first-order valence-corrected chi connectivity index (χ1v) is 7.88. The van der Waals surface area contributed by atoms with Crippen molar-refractivity contribution in [1.82, 2.24) is 5.32 Å². The summed E-state index contributed by atoms with van der Waals surface area (Å²) in [5, 5.41) is 14.0. The molecule has 110 valence electrons. The van der Waals surface area contributed by atoms with Crippen molar-refractivity contribution in [3.8, 4) is 5.75 Å². The van der Waals surface area contributed by atoms with Crippen molar-refractivity contribution in [2.75, 3.05) is 13.2 Å². The standard InChI is InChI=1S/C17H25NO2/c1-13(18-12-17(19)8-3-2-4-9-17)14-5-6-16-15(11-14)7-10-20-16/h5-6,11,13,18-19H,2-4,7-10,12H2,1H3. The molecule has 1 aliphatic carbocycles. The Morgan fingerprint density at radius 1 is 1.30 bits per heavy atom. The van der Waals surface area contributed by atoms with Crippen molar-refractivity contribution in [1.29, 1.82) is 0 Å². The summed E-state index contributed by atoms with van der Waals surface area (Å²) >= 11 is 0. The summed E-state index contributed by atoms with van der Waals surface area (Å²) < 4.78 is 5.54. The lowest BCUT2D eigenvalue weighted by Gasteiger charge is -2.33. The molecule has 0 aromatic heterocycles. The average molecular weight is 275 g/mol. The van der Waals surface area contributed by atoms with E-state index in [1.54, 1.807) is 0 Å². The molecule has 1 heterocycles. The van der Waals surface area contributed by atoms with Crippen LogP contribution in [-0.2, 0) is 6.42 Å². The third-order valence-electron chi connectivity index (χ3n) is 4.74. The second-order valence-electron chi connectivity index (χ2n) is 6.35. The molecule has 1 atom stereocenters. The molecule has 3 rings (SSSR count). The zero-order valence-electron chi connectivity index (χ0n) is 12.3. The van der Waals surface area contributed by atoms with Crippen LogP contribution in [-0.4, -0.2) is 23.9 Å². The van der Waals surface area contributed by atoms with Gasteiger partial charge in [0, 0.05) is 19.0 Å². The van der Waals surface area contributed by atoms with Crippen LogP contribution in [0.1, 0.15) is 56.2 Å². The lowest BCUT2D eigenvalue weighted by atomic mass is 9.84. The molecule has 0 bridgehead atoms. The molecule has 3 heteroatoms. The Bertz CT molecular complexity index is 466. The minimum Gasteiger partial charge on any atom is -0.493 e. The monoisotopic (exact) mass is 275 g/mol. The van der Waals surface area contributed by atoms with Gasteiger partial charge in [-0.2, -0.15) is 0 Å². The summed E-state index contributed by atoms with van der Waals surface area (Å²) in [5.74, 6) is 1.03. The highest BCUT2D eigenvalue weighted by atomic mass is 16.5. The van der Waals surface area contributed by atoms with Crippen LogP contribution >= 0.6 is 0 Å². The second kappa shape index (κ2) is 5.74. The minimum absolute atomic E-state index is 0.270. The van der Waals surface area contributed by atoms with Crippen LogP contribution in [0.3, 0.4) is 0 Å². The Morgan fingerprint density at radius 3 is 2.90 bits per heavy atom. The number of benzene rings is 1. The topological polar surface area (TPSA) is 41.5 Å². The molecule has 1 aliphatic heterocycles. The van der Waals surface area contributed by atoms with E-state index in [-0.39, 0.29) is 6.04 Å². The lowest BCUT2D eigenvalue weighted by molar-refractivity contribution is 0.00300. The molecular weight excluding hydrogens is 250 g/mol. The maximum atomic E-state index is 10.5. The van der Waals surface area contributed by atoms with E-state index < -0.39 is 5.60 Å². The Kier molecular flexibility index (Phi) is 3.99. The van der Waals surface area contributed by atoms with Crippen molar-refractivity contribution in [3.63, 3.8) is 0 Å². The SMILES string of the molecule is CC(NCC1(O)CCCCC1)c1ccc2c(c1)CCO2. The van der Waals surface area contributed by atoms with Crippen molar-refractivity contribution in [2.24, 2.45) is 0 Å². The highest BCUT2D eigenvalue weighted by molar-refractivity contribution is 5.40. The first-order chi connectivity index (χ1) is 9.66. The number of rotatable bonds is 4. The highest BCUT2D eigenvalue weighted by Crippen LogP contribution is 2.30. The van der Waals surface area contributed by atoms with Crippen LogP contribution < -0.4 is 10.1 Å². The number of ether oxygens (including phenoxy) is 1. The van der Waals surface area contributed by atoms with Gasteiger partial charge < -0.3 is 15.2 Å². The molecule has 2 aliphatic rings. The van der Waals surface area contributed by atoms with Gasteiger partial charge in [-0.15, -0.1) is 0 Å². The minimum atomic E-state index is -0.494. The van der Waals surface area contributed by atoms with E-state index in [0.717, 1.165) is 44.5 Å². The third-order valence-corrected chi connectivity index (χ3v) is 4.74. The normalized spacial score (nSPS) is 22.1. The van der Waals surface area contributed by atoms with E-state index >= 15 is 0 Å². The quantitative estimate of drug-likeness (QED) is 0.887. The molecule has 20 heavy (non-hydrogen) atoms. The average Bonchev–Trinajstić information content (AvgIpc) is 2.93. The first kappa shape index (κ1) is 13.9. The smallest absolute Gasteiger partial charge is 0.122 e. The van der Waals surface area contributed by atoms with Crippen LogP contribution in [0.15, 0.2) is 18.2 Å². The van der Waals surface area contributed by atoms with E-state index in [1.165, 1.54) is 17.5 Å². The Labute approximate surface area is 121 Å². The van der Waals surface area contributed by atoms with Gasteiger partial charge in [0.15, 0.2) is 0 Å². The molecule has 0 amide bonds. The summed E-state index contributed by atoms with van der Waals surface area (Å²) in [5.41, 5.74) is 2.10. The van der Waals surface area contributed by atoms with Crippen LogP contribution in [0.2, 0.25) is 0 Å². The number of aliphatic hydroxyl groups is 1. The van der Waals surface area contributed by atoms with Gasteiger partial charge in [0.25, 0.3) is 0 Å². The zero-order valence-corrected chi connectivity index (χ0v) is 12.3. The van der Waals surface area contributed by atoms with Gasteiger partial charge in [-0.1, -0.05) is 31.4 Å². The van der Waals surface area contributed by atoms with E-state index in [4.69, 9.17) is 4.74 Å². The van der Waals surface area contributed by atoms with Gasteiger partial charge in [-0.3, -0.25) is 0 Å². The van der Waals surface area contributed by atoms with Crippen LogP contribution in [0, 0.1) is 0 Å². The molecule has 1 aromatic rings. The molecule has 2 N–H and O–H groups in total. The number of nitrogens with one attached hydrogen (secondary N) is 1. The molecule has 1 unspecified atom stereocenters. The Balaban J connectivity index is 1.60. The molecular formula is C17H25NO2. The van der Waals surface area contributed by atoms with Gasteiger partial charge in [0.05, 0.1) is 12.2 Å². The number of hydrogen-bond acceptors (Lipinski definition) is 3. The summed E-state index contributed by atoms with van der Waals surface area (Å²) in [4.78, 5) is 0. The first-order valence-electron chi connectivity index (χ1n) is 7.88. The van der Waals surface area contributed by atoms with Gasteiger partial charge in [0.1, 0.15) is 5.75 Å². The summed E-state index contributed by atoms with van der Waals surface area (Å²) in [6.45, 7) is 3.67. The molecule has 1 fully saturated rings. The molecule has 0 spiro atoms. The van der Waals surface area contributed by atoms with Gasteiger partial charge in [0.2, 0.25) is 0 Å². The van der Waals surface area contributed by atoms with Gasteiger partial charge in [-0.25, -0.2) is 0 Å². The maximum absolute atomic E-state index is 10.5. The zero-order chi connectivity index (χ0) is 14.0. The molecule has 3 nitrogen and oxygen atoms in total. The van der Waals surface area contributed by atoms with Gasteiger partial charge >= 0.3 is 0 Å². The van der Waals surface area contributed by atoms with Crippen LogP contribution in [0.25, 0.3) is 0 Å². The third kappa shape index (κ3) is 2.99. The summed E-state index contributed by atoms with van der Waals surface area (Å²) in [6, 6.07) is 6.72. The van der Waals surface area contributed by atoms with Crippen LogP contribution in [0.5, 0.6) is 5.75 Å². The number of hydrogen-bond donors (Lipinski definition) is 2. The predicted octanol–water partition coefficient (Wildman–Crippen LogP) is 2.97. The largest absolute Gasteiger partial charge is 0.493 e. The highest BCUT2D eigenvalue weighted by Gasteiger charge is 2.29. The van der Waals surface area contributed by atoms with Crippen molar-refractivity contribution in [3.05, 3.63) is 29.3 Å². The maximum Gasteiger partial charge on any atom is 0.122 e. The molecule has 1 saturated carbocycles. The fourth-order valence-electron chi connectivity index (χ4n) is 3.32. The predicted molar refractivity (Wildman–Crippen MR) is 80.1 cm³/mol. The summed E-state index contributed by atoms with van der Waals surface area (Å²) in [7, 11) is 0. The van der Waals surface area contributed by atoms with E-state index in [9.17, 15) is 5.11 Å². The Hall–Kier alpha value is -1.06. The lowest BCUT2D eigenvalue weighted by Crippen LogP contribution is -2.42. The van der Waals surface area contributed by atoms with Gasteiger partial charge in [-0.05, 0) is 37.0 Å². The van der Waals surface area contributed by atoms with E-state index in [2.05, 4.69) is 30.4 Å². The fourth-order valence-corrected chi connectivity index (χ4v) is 3.32. The van der Waals surface area contributed by atoms with Crippen molar-refractivity contribution < 1.29 is 9.84 Å². The molecule has 0 radical (unpaired) electrons. The second-order valence-corrected chi connectivity index (χ2v) is 6.35. The van der Waals surface area contributed by atoms with Crippen LogP contribution in [0.4, 0.5) is 0 Å². The molecule has 0 saturated heterocycles.